The Morgan fingerprint density at radius 3 is 2.19 bits per heavy atom. The third-order valence-corrected chi connectivity index (χ3v) is 5.26. The molecule has 160 valence electrons. The molecule has 0 aromatic heterocycles. The molecule has 0 aliphatic carbocycles. The molecule has 3 aromatic rings. The quantitative estimate of drug-likeness (QED) is 0.444. The molecule has 0 aliphatic heterocycles. The minimum absolute atomic E-state index is 0.139. The van der Waals surface area contributed by atoms with Crippen molar-refractivity contribution in [2.75, 3.05) is 5.32 Å². The second kappa shape index (κ2) is 10.2. The molecule has 0 fully saturated rings. The molecule has 1 atom stereocenters. The highest BCUT2D eigenvalue weighted by Gasteiger charge is 2.19. The molecule has 0 heterocycles. The van der Waals surface area contributed by atoms with E-state index in [9.17, 15) is 14.0 Å². The van der Waals surface area contributed by atoms with Crippen LogP contribution in [0.1, 0.15) is 53.7 Å². The van der Waals surface area contributed by atoms with E-state index in [4.69, 9.17) is 0 Å². The number of ketones is 1. The van der Waals surface area contributed by atoms with E-state index in [1.807, 2.05) is 61.5 Å². The number of halogens is 1. The zero-order chi connectivity index (χ0) is 22.4. The smallest absolute Gasteiger partial charge is 0.231 e. The van der Waals surface area contributed by atoms with Gasteiger partial charge >= 0.3 is 0 Å². The van der Waals surface area contributed by atoms with Crippen molar-refractivity contribution in [3.05, 3.63) is 101 Å². The Labute approximate surface area is 183 Å². The van der Waals surface area contributed by atoms with Crippen LogP contribution >= 0.6 is 0 Å². The zero-order valence-electron chi connectivity index (χ0n) is 18.2. The van der Waals surface area contributed by atoms with E-state index in [-0.39, 0.29) is 23.7 Å². The summed E-state index contributed by atoms with van der Waals surface area (Å²) in [5.74, 6) is -0.834. The van der Waals surface area contributed by atoms with Gasteiger partial charge < -0.3 is 5.32 Å². The second-order valence-electron chi connectivity index (χ2n) is 8.33. The molecule has 0 bridgehead atoms. The fourth-order valence-corrected chi connectivity index (χ4v) is 3.54. The summed E-state index contributed by atoms with van der Waals surface area (Å²) in [6.45, 7) is 6.16. The van der Waals surface area contributed by atoms with Gasteiger partial charge in [-0.1, -0.05) is 68.4 Å². The first-order chi connectivity index (χ1) is 14.8. The SMILES string of the molecule is CC(C)Cc1ccc([C@H](C)C(=O)Nc2ccc(F)cc2C(=O)Cc2ccccc2)cc1. The molecule has 0 saturated heterocycles. The van der Waals surface area contributed by atoms with E-state index in [2.05, 4.69) is 19.2 Å². The molecular formula is C27H28FNO2. The van der Waals surface area contributed by atoms with Crippen molar-refractivity contribution in [2.24, 2.45) is 5.92 Å². The summed E-state index contributed by atoms with van der Waals surface area (Å²) in [7, 11) is 0. The summed E-state index contributed by atoms with van der Waals surface area (Å²) in [5.41, 5.74) is 3.47. The van der Waals surface area contributed by atoms with Crippen molar-refractivity contribution in [3.8, 4) is 0 Å². The minimum atomic E-state index is -0.511. The van der Waals surface area contributed by atoms with Gasteiger partial charge in [-0.3, -0.25) is 9.59 Å². The van der Waals surface area contributed by atoms with Crippen LogP contribution in [-0.2, 0) is 17.6 Å². The number of hydrogen-bond donors (Lipinski definition) is 1. The summed E-state index contributed by atoms with van der Waals surface area (Å²) in [5, 5.41) is 2.82. The monoisotopic (exact) mass is 417 g/mol. The van der Waals surface area contributed by atoms with Crippen molar-refractivity contribution in [3.63, 3.8) is 0 Å². The van der Waals surface area contributed by atoms with E-state index in [1.165, 1.54) is 23.8 Å². The van der Waals surface area contributed by atoms with Gasteiger partial charge in [-0.05, 0) is 54.2 Å². The zero-order valence-corrected chi connectivity index (χ0v) is 18.2. The van der Waals surface area contributed by atoms with Crippen LogP contribution in [0.3, 0.4) is 0 Å². The summed E-state index contributed by atoms with van der Waals surface area (Å²) in [6, 6.07) is 21.2. The molecular weight excluding hydrogens is 389 g/mol. The summed E-state index contributed by atoms with van der Waals surface area (Å²) >= 11 is 0. The first kappa shape index (κ1) is 22.4. The number of amides is 1. The number of carbonyl (C=O) groups excluding carboxylic acids is 2. The largest absolute Gasteiger partial charge is 0.325 e. The number of Topliss-reactive ketones (excluding diaryl/α,β-unsaturated/α-hetero) is 1. The standard InChI is InChI=1S/C27H28FNO2/c1-18(2)15-21-9-11-22(12-10-21)19(3)27(31)29-25-14-13-23(28)17-24(25)26(30)16-20-7-5-4-6-8-20/h4-14,17-19H,15-16H2,1-3H3,(H,29,31)/t19-/m0/s1. The highest BCUT2D eigenvalue weighted by molar-refractivity contribution is 6.06. The van der Waals surface area contributed by atoms with Crippen LogP contribution in [0.25, 0.3) is 0 Å². The lowest BCUT2D eigenvalue weighted by molar-refractivity contribution is -0.117. The number of carbonyl (C=O) groups is 2. The van der Waals surface area contributed by atoms with Crippen LogP contribution in [0, 0.1) is 11.7 Å². The van der Waals surface area contributed by atoms with Crippen LogP contribution in [0.5, 0.6) is 0 Å². The van der Waals surface area contributed by atoms with Crippen molar-refractivity contribution in [1.29, 1.82) is 0 Å². The maximum atomic E-state index is 13.9. The summed E-state index contributed by atoms with van der Waals surface area (Å²) < 4.78 is 13.9. The van der Waals surface area contributed by atoms with E-state index >= 15 is 0 Å². The van der Waals surface area contributed by atoms with Crippen LogP contribution in [0.2, 0.25) is 0 Å². The van der Waals surface area contributed by atoms with Gasteiger partial charge in [0.25, 0.3) is 0 Å². The first-order valence-corrected chi connectivity index (χ1v) is 10.6. The summed E-state index contributed by atoms with van der Waals surface area (Å²) in [6.07, 6.45) is 1.13. The molecule has 3 nitrogen and oxygen atoms in total. The van der Waals surface area contributed by atoms with Gasteiger partial charge in [-0.15, -0.1) is 0 Å². The molecule has 4 heteroatoms. The van der Waals surface area contributed by atoms with Gasteiger partial charge in [0.1, 0.15) is 5.82 Å². The Morgan fingerprint density at radius 2 is 1.55 bits per heavy atom. The highest BCUT2D eigenvalue weighted by Crippen LogP contribution is 2.23. The molecule has 1 N–H and O–H groups in total. The van der Waals surface area contributed by atoms with E-state index in [1.54, 1.807) is 0 Å². The number of anilines is 1. The van der Waals surface area contributed by atoms with Crippen LogP contribution in [0.4, 0.5) is 10.1 Å². The van der Waals surface area contributed by atoms with E-state index in [0.717, 1.165) is 17.5 Å². The second-order valence-corrected chi connectivity index (χ2v) is 8.33. The Bertz CT molecular complexity index is 1040. The number of hydrogen-bond acceptors (Lipinski definition) is 2. The Kier molecular flexibility index (Phi) is 7.35. The summed E-state index contributed by atoms with van der Waals surface area (Å²) in [4.78, 5) is 25.7. The fourth-order valence-electron chi connectivity index (χ4n) is 3.54. The normalized spacial score (nSPS) is 11.9. The molecule has 0 unspecified atom stereocenters. The minimum Gasteiger partial charge on any atom is -0.325 e. The maximum absolute atomic E-state index is 13.9. The maximum Gasteiger partial charge on any atom is 0.231 e. The van der Waals surface area contributed by atoms with Gasteiger partial charge in [0.15, 0.2) is 5.78 Å². The average Bonchev–Trinajstić information content (AvgIpc) is 2.75. The Balaban J connectivity index is 1.75. The van der Waals surface area contributed by atoms with Gasteiger partial charge in [0.05, 0.1) is 11.6 Å². The molecule has 0 spiro atoms. The van der Waals surface area contributed by atoms with Gasteiger partial charge in [-0.2, -0.15) is 0 Å². The molecule has 1 amide bonds. The molecule has 3 rings (SSSR count). The predicted molar refractivity (Wildman–Crippen MR) is 123 cm³/mol. The third kappa shape index (κ3) is 6.11. The van der Waals surface area contributed by atoms with Crippen LogP contribution in [0.15, 0.2) is 72.8 Å². The topological polar surface area (TPSA) is 46.2 Å². The average molecular weight is 418 g/mol. The van der Waals surface area contributed by atoms with E-state index in [0.29, 0.717) is 11.6 Å². The number of benzene rings is 3. The first-order valence-electron chi connectivity index (χ1n) is 10.6. The molecule has 0 saturated carbocycles. The number of rotatable bonds is 8. The lowest BCUT2D eigenvalue weighted by atomic mass is 9.96. The van der Waals surface area contributed by atoms with Gasteiger partial charge in [-0.25, -0.2) is 4.39 Å². The van der Waals surface area contributed by atoms with Gasteiger partial charge in [0.2, 0.25) is 5.91 Å². The molecule has 0 radical (unpaired) electrons. The molecule has 0 aliphatic rings. The predicted octanol–water partition coefficient (Wildman–Crippen LogP) is 6.19. The Hall–Kier alpha value is -3.27. The van der Waals surface area contributed by atoms with Crippen LogP contribution < -0.4 is 5.32 Å². The molecule has 31 heavy (non-hydrogen) atoms. The number of nitrogens with one attached hydrogen (secondary N) is 1. The lowest BCUT2D eigenvalue weighted by Gasteiger charge is -2.16. The third-order valence-electron chi connectivity index (χ3n) is 5.26. The van der Waals surface area contributed by atoms with Crippen molar-refractivity contribution in [1.82, 2.24) is 0 Å². The fraction of sp³-hybridized carbons (Fsp3) is 0.259. The van der Waals surface area contributed by atoms with Crippen molar-refractivity contribution < 1.29 is 14.0 Å². The van der Waals surface area contributed by atoms with E-state index < -0.39 is 11.7 Å². The van der Waals surface area contributed by atoms with Crippen molar-refractivity contribution in [2.45, 2.75) is 39.5 Å². The lowest BCUT2D eigenvalue weighted by Crippen LogP contribution is -2.21. The van der Waals surface area contributed by atoms with Gasteiger partial charge in [0, 0.05) is 12.0 Å². The van der Waals surface area contributed by atoms with Crippen LogP contribution in [-0.4, -0.2) is 11.7 Å². The van der Waals surface area contributed by atoms with Crippen molar-refractivity contribution >= 4 is 17.4 Å². The molecule has 3 aromatic carbocycles. The Morgan fingerprint density at radius 1 is 0.871 bits per heavy atom. The highest BCUT2D eigenvalue weighted by atomic mass is 19.1.